The average Bonchev–Trinajstić information content (AvgIpc) is 2.58. The summed E-state index contributed by atoms with van der Waals surface area (Å²) in [6.45, 7) is 7.66. The Hall–Kier alpha value is -2.31. The fraction of sp³-hybridized carbons (Fsp3) is 0.429. The molecule has 28 heavy (non-hydrogen) atoms. The van der Waals surface area contributed by atoms with Gasteiger partial charge in [0.2, 0.25) is 0 Å². The van der Waals surface area contributed by atoms with Gasteiger partial charge in [-0.1, -0.05) is 18.2 Å². The maximum Gasteiger partial charge on any atom is 0.407 e. The van der Waals surface area contributed by atoms with Gasteiger partial charge in [-0.15, -0.1) is 12.4 Å². The third kappa shape index (κ3) is 6.69. The summed E-state index contributed by atoms with van der Waals surface area (Å²) in [7, 11) is 0. The molecule has 0 bridgehead atoms. The van der Waals surface area contributed by atoms with Crippen LogP contribution in [-0.4, -0.2) is 35.9 Å². The lowest BCUT2D eigenvalue weighted by atomic mass is 10.0. The number of alkyl carbamates (subject to hydrolysis) is 1. The number of ether oxygens (including phenoxy) is 2. The molecule has 152 valence electrons. The van der Waals surface area contributed by atoms with Gasteiger partial charge in [0.1, 0.15) is 18.0 Å². The van der Waals surface area contributed by atoms with Gasteiger partial charge < -0.3 is 20.1 Å². The van der Waals surface area contributed by atoms with E-state index in [0.717, 1.165) is 35.4 Å². The maximum atomic E-state index is 11.8. The molecule has 1 atom stereocenters. The van der Waals surface area contributed by atoms with Crippen LogP contribution < -0.4 is 15.4 Å². The summed E-state index contributed by atoms with van der Waals surface area (Å²) in [5, 5.41) is 6.10. The highest BCUT2D eigenvalue weighted by Crippen LogP contribution is 2.24. The Morgan fingerprint density at radius 1 is 1.25 bits per heavy atom. The van der Waals surface area contributed by atoms with Crippen LogP contribution >= 0.6 is 12.4 Å². The highest BCUT2D eigenvalue weighted by atomic mass is 35.5. The van der Waals surface area contributed by atoms with Crippen LogP contribution in [0.5, 0.6) is 5.75 Å². The lowest BCUT2D eigenvalue weighted by Crippen LogP contribution is -2.46. The zero-order valence-electron chi connectivity index (χ0n) is 16.5. The van der Waals surface area contributed by atoms with Crippen molar-refractivity contribution in [2.45, 2.75) is 45.4 Å². The number of nitrogens with zero attached hydrogens (tertiary/aromatic N) is 1. The van der Waals surface area contributed by atoms with E-state index in [0.29, 0.717) is 19.2 Å². The standard InChI is InChI=1S/C21H27N3O3.ClH/c1-21(2,3)27-20(25)24-11-15-5-4-6-16(9-15)17-10-19(13-22-12-17)26-14-18-7-8-23-18;/h4-6,9-10,12-13,18,23H,7-8,11,14H2,1-3H3,(H,24,25);1H/t18-;/m0./s1. The van der Waals surface area contributed by atoms with E-state index in [-0.39, 0.29) is 12.4 Å². The smallest absolute Gasteiger partial charge is 0.407 e. The Morgan fingerprint density at radius 2 is 2.04 bits per heavy atom. The molecule has 0 unspecified atom stereocenters. The van der Waals surface area contributed by atoms with Crippen molar-refractivity contribution in [3.05, 3.63) is 48.3 Å². The van der Waals surface area contributed by atoms with Gasteiger partial charge in [0.15, 0.2) is 0 Å². The first-order valence-electron chi connectivity index (χ1n) is 9.26. The van der Waals surface area contributed by atoms with Crippen LogP contribution in [0.15, 0.2) is 42.7 Å². The minimum atomic E-state index is -0.507. The fourth-order valence-corrected chi connectivity index (χ4v) is 2.69. The Balaban J connectivity index is 0.00000280. The number of aromatic nitrogens is 1. The van der Waals surface area contributed by atoms with E-state index in [4.69, 9.17) is 9.47 Å². The lowest BCUT2D eigenvalue weighted by molar-refractivity contribution is 0.0523. The highest BCUT2D eigenvalue weighted by Gasteiger charge is 2.17. The second-order valence-corrected chi connectivity index (χ2v) is 7.72. The largest absolute Gasteiger partial charge is 0.490 e. The van der Waals surface area contributed by atoms with Crippen LogP contribution in [-0.2, 0) is 11.3 Å². The molecule has 1 fully saturated rings. The molecule has 1 saturated heterocycles. The van der Waals surface area contributed by atoms with Crippen molar-refractivity contribution < 1.29 is 14.3 Å². The van der Waals surface area contributed by atoms with Gasteiger partial charge in [0.05, 0.1) is 6.20 Å². The van der Waals surface area contributed by atoms with Gasteiger partial charge in [-0.3, -0.25) is 4.98 Å². The van der Waals surface area contributed by atoms with E-state index >= 15 is 0 Å². The summed E-state index contributed by atoms with van der Waals surface area (Å²) in [4.78, 5) is 16.1. The molecule has 0 spiro atoms. The average molecular weight is 406 g/mol. The molecule has 1 amide bonds. The molecular weight excluding hydrogens is 378 g/mol. The van der Waals surface area contributed by atoms with Crippen molar-refractivity contribution in [1.29, 1.82) is 0 Å². The van der Waals surface area contributed by atoms with Gasteiger partial charge in [0.25, 0.3) is 0 Å². The van der Waals surface area contributed by atoms with Crippen LogP contribution in [0.3, 0.4) is 0 Å². The molecular formula is C21H28ClN3O3. The molecule has 2 aromatic rings. The normalized spacial score (nSPS) is 15.8. The maximum absolute atomic E-state index is 11.8. The van der Waals surface area contributed by atoms with Crippen LogP contribution in [0.2, 0.25) is 0 Å². The highest BCUT2D eigenvalue weighted by molar-refractivity contribution is 5.85. The van der Waals surface area contributed by atoms with Gasteiger partial charge >= 0.3 is 6.09 Å². The molecule has 2 heterocycles. The van der Waals surface area contributed by atoms with E-state index in [1.807, 2.05) is 57.3 Å². The SMILES string of the molecule is CC(C)(C)OC(=O)NCc1cccc(-c2cncc(OC[C@@H]3CCN3)c2)c1.Cl. The van der Waals surface area contributed by atoms with Gasteiger partial charge in [-0.05, 0) is 57.0 Å². The van der Waals surface area contributed by atoms with Crippen LogP contribution in [0.25, 0.3) is 11.1 Å². The summed E-state index contributed by atoms with van der Waals surface area (Å²) in [6.07, 6.45) is 4.28. The van der Waals surface area contributed by atoms with Crippen molar-refractivity contribution in [2.24, 2.45) is 0 Å². The Labute approximate surface area is 172 Å². The molecule has 6 nitrogen and oxygen atoms in total. The van der Waals surface area contributed by atoms with E-state index in [1.54, 1.807) is 6.20 Å². The zero-order valence-corrected chi connectivity index (χ0v) is 17.3. The van der Waals surface area contributed by atoms with Gasteiger partial charge in [-0.2, -0.15) is 0 Å². The minimum Gasteiger partial charge on any atom is -0.490 e. The van der Waals surface area contributed by atoms with Crippen molar-refractivity contribution in [3.8, 4) is 16.9 Å². The number of carbonyl (C=O) groups excluding carboxylic acids is 1. The summed E-state index contributed by atoms with van der Waals surface area (Å²) in [5.41, 5.74) is 2.49. The third-order valence-corrected chi connectivity index (χ3v) is 4.19. The van der Waals surface area contributed by atoms with Crippen molar-refractivity contribution in [1.82, 2.24) is 15.6 Å². The number of hydrogen-bond acceptors (Lipinski definition) is 5. The van der Waals surface area contributed by atoms with E-state index < -0.39 is 11.7 Å². The monoisotopic (exact) mass is 405 g/mol. The molecule has 7 heteroatoms. The molecule has 1 aromatic heterocycles. The number of carbonyl (C=O) groups is 1. The predicted octanol–water partition coefficient (Wildman–Crippen LogP) is 3.94. The molecule has 0 aliphatic carbocycles. The first-order valence-corrected chi connectivity index (χ1v) is 9.26. The molecule has 1 aliphatic rings. The van der Waals surface area contributed by atoms with Crippen molar-refractivity contribution in [3.63, 3.8) is 0 Å². The minimum absolute atomic E-state index is 0. The van der Waals surface area contributed by atoms with Crippen molar-refractivity contribution >= 4 is 18.5 Å². The lowest BCUT2D eigenvalue weighted by Gasteiger charge is -2.27. The Morgan fingerprint density at radius 3 is 2.71 bits per heavy atom. The molecule has 2 N–H and O–H groups in total. The van der Waals surface area contributed by atoms with E-state index in [2.05, 4.69) is 15.6 Å². The predicted molar refractivity (Wildman–Crippen MR) is 112 cm³/mol. The molecule has 0 radical (unpaired) electrons. The van der Waals surface area contributed by atoms with Crippen LogP contribution in [0.4, 0.5) is 4.79 Å². The van der Waals surface area contributed by atoms with Crippen LogP contribution in [0, 0.1) is 0 Å². The first-order chi connectivity index (χ1) is 12.9. The molecule has 1 aromatic carbocycles. The summed E-state index contributed by atoms with van der Waals surface area (Å²) < 4.78 is 11.1. The summed E-state index contributed by atoms with van der Waals surface area (Å²) in [5.74, 6) is 0.762. The molecule has 0 saturated carbocycles. The topological polar surface area (TPSA) is 72.5 Å². The summed E-state index contributed by atoms with van der Waals surface area (Å²) >= 11 is 0. The molecule has 3 rings (SSSR count). The fourth-order valence-electron chi connectivity index (χ4n) is 2.69. The number of nitrogens with one attached hydrogen (secondary N) is 2. The zero-order chi connectivity index (χ0) is 19.3. The van der Waals surface area contributed by atoms with E-state index in [1.165, 1.54) is 0 Å². The number of pyridine rings is 1. The molecule has 1 aliphatic heterocycles. The van der Waals surface area contributed by atoms with Gasteiger partial charge in [-0.25, -0.2) is 4.79 Å². The number of benzene rings is 1. The van der Waals surface area contributed by atoms with Gasteiger partial charge in [0, 0.05) is 24.3 Å². The number of halogens is 1. The second-order valence-electron chi connectivity index (χ2n) is 7.72. The number of amides is 1. The Kier molecular flexibility index (Phi) is 7.66. The summed E-state index contributed by atoms with van der Waals surface area (Å²) in [6, 6.07) is 10.4. The van der Waals surface area contributed by atoms with Crippen molar-refractivity contribution in [2.75, 3.05) is 13.2 Å². The van der Waals surface area contributed by atoms with Crippen LogP contribution in [0.1, 0.15) is 32.8 Å². The second kappa shape index (κ2) is 9.75. The first kappa shape index (κ1) is 22.0. The van der Waals surface area contributed by atoms with E-state index in [9.17, 15) is 4.79 Å². The number of rotatable bonds is 6. The third-order valence-electron chi connectivity index (χ3n) is 4.19. The number of hydrogen-bond donors (Lipinski definition) is 2. The Bertz CT molecular complexity index is 788. The quantitative estimate of drug-likeness (QED) is 0.761.